The van der Waals surface area contributed by atoms with E-state index >= 15 is 0 Å². The van der Waals surface area contributed by atoms with E-state index in [2.05, 4.69) is 20.8 Å². The molecule has 6 nitrogen and oxygen atoms in total. The van der Waals surface area contributed by atoms with Gasteiger partial charge in [0.15, 0.2) is 0 Å². The van der Waals surface area contributed by atoms with E-state index < -0.39 is 0 Å². The lowest BCUT2D eigenvalue weighted by atomic mass is 10.1. The van der Waals surface area contributed by atoms with Gasteiger partial charge < -0.3 is 10.3 Å². The molecule has 0 fully saturated rings. The van der Waals surface area contributed by atoms with E-state index in [-0.39, 0.29) is 11.8 Å². The van der Waals surface area contributed by atoms with Gasteiger partial charge in [-0.3, -0.25) is 9.59 Å². The smallest absolute Gasteiger partial charge is 0.271 e. The second-order valence-electron chi connectivity index (χ2n) is 6.50. The molecule has 0 aliphatic carbocycles. The Morgan fingerprint density at radius 2 is 1.73 bits per heavy atom. The highest BCUT2D eigenvalue weighted by molar-refractivity contribution is 6.34. The topological polar surface area (TPSA) is 86.3 Å². The van der Waals surface area contributed by atoms with Crippen LogP contribution in [-0.4, -0.2) is 23.0 Å². The van der Waals surface area contributed by atoms with Crippen LogP contribution in [0.3, 0.4) is 0 Å². The third-order valence-corrected chi connectivity index (χ3v) is 4.82. The predicted octanol–water partition coefficient (Wildman–Crippen LogP) is 4.84. The first-order chi connectivity index (χ1) is 14.6. The van der Waals surface area contributed by atoms with E-state index in [4.69, 9.17) is 11.6 Å². The van der Waals surface area contributed by atoms with Crippen LogP contribution in [0, 0.1) is 0 Å². The van der Waals surface area contributed by atoms with Gasteiger partial charge in [-0.1, -0.05) is 48.0 Å². The molecule has 7 heteroatoms. The molecule has 0 spiro atoms. The summed E-state index contributed by atoms with van der Waals surface area (Å²) in [5.41, 5.74) is 5.57. The highest BCUT2D eigenvalue weighted by Gasteiger charge is 2.11. The van der Waals surface area contributed by atoms with Crippen LogP contribution in [0.5, 0.6) is 0 Å². The number of hydrazone groups is 1. The highest BCUT2D eigenvalue weighted by atomic mass is 35.5. The van der Waals surface area contributed by atoms with Crippen molar-refractivity contribution in [1.29, 1.82) is 0 Å². The molecule has 1 heterocycles. The average molecular weight is 417 g/mol. The maximum atomic E-state index is 12.4. The summed E-state index contributed by atoms with van der Waals surface area (Å²) in [6, 6.07) is 21.2. The number of benzene rings is 3. The van der Waals surface area contributed by atoms with Gasteiger partial charge in [0.05, 0.1) is 16.8 Å². The van der Waals surface area contributed by atoms with Crippen LogP contribution < -0.4 is 10.7 Å². The summed E-state index contributed by atoms with van der Waals surface area (Å²) in [5.74, 6) is -0.740. The number of aromatic nitrogens is 1. The molecule has 0 saturated carbocycles. The van der Waals surface area contributed by atoms with E-state index in [0.29, 0.717) is 21.8 Å². The number of nitrogens with zero attached hydrogens (tertiary/aromatic N) is 1. The first kappa shape index (κ1) is 19.4. The van der Waals surface area contributed by atoms with Gasteiger partial charge in [0.2, 0.25) is 0 Å². The summed E-state index contributed by atoms with van der Waals surface area (Å²) in [6.45, 7) is 0. The van der Waals surface area contributed by atoms with Crippen molar-refractivity contribution in [3.63, 3.8) is 0 Å². The van der Waals surface area contributed by atoms with Crippen molar-refractivity contribution in [2.24, 2.45) is 5.10 Å². The van der Waals surface area contributed by atoms with Crippen LogP contribution in [0.15, 0.2) is 84.1 Å². The Morgan fingerprint density at radius 1 is 0.933 bits per heavy atom. The van der Waals surface area contributed by atoms with Gasteiger partial charge >= 0.3 is 0 Å². The molecule has 2 amide bonds. The summed E-state index contributed by atoms with van der Waals surface area (Å²) in [4.78, 5) is 28.0. The van der Waals surface area contributed by atoms with Crippen molar-refractivity contribution in [3.05, 3.63) is 101 Å². The number of hydrogen-bond donors (Lipinski definition) is 3. The van der Waals surface area contributed by atoms with E-state index in [0.717, 1.165) is 16.5 Å². The van der Waals surface area contributed by atoms with Crippen LogP contribution in [0.1, 0.15) is 26.3 Å². The molecule has 0 radical (unpaired) electrons. The van der Waals surface area contributed by atoms with Crippen molar-refractivity contribution in [2.75, 3.05) is 5.32 Å². The summed E-state index contributed by atoms with van der Waals surface area (Å²) in [6.07, 6.45) is 3.41. The number of para-hydroxylation sites is 1. The molecule has 0 saturated heterocycles. The minimum absolute atomic E-state index is 0.351. The van der Waals surface area contributed by atoms with Gasteiger partial charge in [-0.25, -0.2) is 5.43 Å². The SMILES string of the molecule is O=C(N/N=C\c1c[nH]c2ccccc12)c1cccc(NC(=O)c2ccccc2Cl)c1. The Kier molecular flexibility index (Phi) is 5.59. The maximum Gasteiger partial charge on any atom is 0.271 e. The molecule has 30 heavy (non-hydrogen) atoms. The Labute approximate surface area is 177 Å². The molecule has 1 aromatic heterocycles. The number of nitrogens with one attached hydrogen (secondary N) is 3. The lowest BCUT2D eigenvalue weighted by molar-refractivity contribution is 0.0953. The molecule has 4 rings (SSSR count). The molecule has 0 aliphatic heterocycles. The van der Waals surface area contributed by atoms with Gasteiger partial charge in [-0.15, -0.1) is 0 Å². The molecule has 0 bridgehead atoms. The number of rotatable bonds is 5. The molecular weight excluding hydrogens is 400 g/mol. The van der Waals surface area contributed by atoms with Gasteiger partial charge in [0.25, 0.3) is 11.8 Å². The van der Waals surface area contributed by atoms with E-state index in [1.807, 2.05) is 30.5 Å². The fraction of sp³-hybridized carbons (Fsp3) is 0. The first-order valence-electron chi connectivity index (χ1n) is 9.17. The molecular formula is C23H17ClN4O2. The van der Waals surface area contributed by atoms with Crippen molar-refractivity contribution in [2.45, 2.75) is 0 Å². The summed E-state index contributed by atoms with van der Waals surface area (Å²) < 4.78 is 0. The molecule has 3 N–H and O–H groups in total. The minimum Gasteiger partial charge on any atom is -0.361 e. The summed E-state index contributed by atoms with van der Waals surface area (Å²) >= 11 is 6.06. The second-order valence-corrected chi connectivity index (χ2v) is 6.91. The van der Waals surface area contributed by atoms with Crippen LogP contribution in [-0.2, 0) is 0 Å². The van der Waals surface area contributed by atoms with Crippen molar-refractivity contribution < 1.29 is 9.59 Å². The average Bonchev–Trinajstić information content (AvgIpc) is 3.17. The van der Waals surface area contributed by atoms with Crippen LogP contribution in [0.4, 0.5) is 5.69 Å². The number of hydrogen-bond acceptors (Lipinski definition) is 3. The van der Waals surface area contributed by atoms with Crippen LogP contribution in [0.25, 0.3) is 10.9 Å². The van der Waals surface area contributed by atoms with Crippen LogP contribution in [0.2, 0.25) is 5.02 Å². The summed E-state index contributed by atoms with van der Waals surface area (Å²) in [7, 11) is 0. The molecule has 0 aliphatic rings. The fourth-order valence-electron chi connectivity index (χ4n) is 3.01. The van der Waals surface area contributed by atoms with Crippen molar-refractivity contribution in [3.8, 4) is 0 Å². The van der Waals surface area contributed by atoms with Gasteiger partial charge in [-0.2, -0.15) is 5.10 Å². The number of halogens is 1. The first-order valence-corrected chi connectivity index (χ1v) is 9.55. The van der Waals surface area contributed by atoms with Gasteiger partial charge in [0.1, 0.15) is 0 Å². The number of anilines is 1. The molecule has 4 aromatic rings. The molecule has 3 aromatic carbocycles. The van der Waals surface area contributed by atoms with E-state index in [1.165, 1.54) is 0 Å². The monoisotopic (exact) mass is 416 g/mol. The zero-order valence-electron chi connectivity index (χ0n) is 15.7. The normalized spacial score (nSPS) is 11.0. The largest absolute Gasteiger partial charge is 0.361 e. The summed E-state index contributed by atoms with van der Waals surface area (Å²) in [5, 5.41) is 8.16. The lowest BCUT2D eigenvalue weighted by Gasteiger charge is -2.08. The molecule has 148 valence electrons. The van der Waals surface area contributed by atoms with E-state index in [9.17, 15) is 9.59 Å². The number of aromatic amines is 1. The number of carbonyl (C=O) groups excluding carboxylic acids is 2. The zero-order chi connectivity index (χ0) is 20.9. The quantitative estimate of drug-likeness (QED) is 0.321. The highest BCUT2D eigenvalue weighted by Crippen LogP contribution is 2.18. The Hall–Kier alpha value is -3.90. The minimum atomic E-state index is -0.389. The fourth-order valence-corrected chi connectivity index (χ4v) is 3.23. The Bertz CT molecular complexity index is 1260. The van der Waals surface area contributed by atoms with Crippen molar-refractivity contribution >= 4 is 46.2 Å². The molecule has 0 unspecified atom stereocenters. The van der Waals surface area contributed by atoms with Gasteiger partial charge in [0, 0.05) is 33.9 Å². The third kappa shape index (κ3) is 4.24. The number of amides is 2. The maximum absolute atomic E-state index is 12.4. The lowest BCUT2D eigenvalue weighted by Crippen LogP contribution is -2.18. The Balaban J connectivity index is 1.43. The Morgan fingerprint density at radius 3 is 2.60 bits per heavy atom. The van der Waals surface area contributed by atoms with Crippen molar-refractivity contribution in [1.82, 2.24) is 10.4 Å². The number of fused-ring (bicyclic) bond motifs is 1. The standard InChI is InChI=1S/C23H17ClN4O2/c24-20-10-3-1-9-19(20)23(30)27-17-7-5-6-15(12-17)22(29)28-26-14-16-13-25-21-11-4-2-8-18(16)21/h1-14,25H,(H,27,30)(H,28,29)/b26-14-. The second kappa shape index (κ2) is 8.63. The number of carbonyl (C=O) groups is 2. The van der Waals surface area contributed by atoms with Gasteiger partial charge in [-0.05, 0) is 36.4 Å². The third-order valence-electron chi connectivity index (χ3n) is 4.49. The predicted molar refractivity (Wildman–Crippen MR) is 119 cm³/mol. The zero-order valence-corrected chi connectivity index (χ0v) is 16.5. The van der Waals surface area contributed by atoms with E-state index in [1.54, 1.807) is 54.7 Å². The van der Waals surface area contributed by atoms with Crippen LogP contribution >= 0.6 is 11.6 Å². The number of H-pyrrole nitrogens is 1. The molecule has 0 atom stereocenters.